The Hall–Kier alpha value is -1.55. The molecule has 0 bridgehead atoms. The van der Waals surface area contributed by atoms with Gasteiger partial charge in [-0.3, -0.25) is 4.90 Å². The van der Waals surface area contributed by atoms with Gasteiger partial charge >= 0.3 is 5.97 Å². The molecule has 1 aliphatic rings. The fraction of sp³-hybridized carbons (Fsp3) is 0.533. The van der Waals surface area contributed by atoms with Gasteiger partial charge in [0.2, 0.25) is 0 Å². The maximum atomic E-state index is 11.0. The van der Waals surface area contributed by atoms with Crippen molar-refractivity contribution in [3.8, 4) is 5.75 Å². The van der Waals surface area contributed by atoms with Crippen LogP contribution in [0.1, 0.15) is 35.7 Å². The maximum absolute atomic E-state index is 11.0. The van der Waals surface area contributed by atoms with Crippen molar-refractivity contribution in [2.45, 2.75) is 32.4 Å². The van der Waals surface area contributed by atoms with Crippen molar-refractivity contribution in [3.05, 3.63) is 29.3 Å². The fourth-order valence-corrected chi connectivity index (χ4v) is 2.39. The molecule has 1 atom stereocenters. The van der Waals surface area contributed by atoms with Gasteiger partial charge in [-0.2, -0.15) is 0 Å². The third kappa shape index (κ3) is 3.26. The summed E-state index contributed by atoms with van der Waals surface area (Å²) in [6.07, 6.45) is 2.61. The SMILES string of the molecule is COc1ccc(C(=O)O)cc1CN(C)C(C)C1CC1. The molecule has 0 saturated heterocycles. The van der Waals surface area contributed by atoms with Gasteiger partial charge in [-0.05, 0) is 50.9 Å². The molecule has 1 aliphatic carbocycles. The summed E-state index contributed by atoms with van der Waals surface area (Å²) in [6.45, 7) is 2.94. The monoisotopic (exact) mass is 263 g/mol. The number of carboxylic acid groups (broad SMARTS) is 1. The van der Waals surface area contributed by atoms with Crippen molar-refractivity contribution in [3.63, 3.8) is 0 Å². The van der Waals surface area contributed by atoms with Crippen LogP contribution >= 0.6 is 0 Å². The van der Waals surface area contributed by atoms with Crippen LogP contribution < -0.4 is 4.74 Å². The molecule has 19 heavy (non-hydrogen) atoms. The van der Waals surface area contributed by atoms with Crippen LogP contribution in [0.15, 0.2) is 18.2 Å². The van der Waals surface area contributed by atoms with Crippen LogP contribution in [0, 0.1) is 5.92 Å². The molecule has 2 rings (SSSR count). The molecular formula is C15H21NO3. The molecular weight excluding hydrogens is 242 g/mol. The highest BCUT2D eigenvalue weighted by molar-refractivity contribution is 5.88. The third-order valence-corrected chi connectivity index (χ3v) is 3.95. The Bertz CT molecular complexity index is 468. The molecule has 104 valence electrons. The van der Waals surface area contributed by atoms with Crippen LogP contribution in [-0.2, 0) is 6.54 Å². The highest BCUT2D eigenvalue weighted by Crippen LogP contribution is 2.35. The molecule has 0 aliphatic heterocycles. The third-order valence-electron chi connectivity index (χ3n) is 3.95. The first-order valence-electron chi connectivity index (χ1n) is 6.63. The fourth-order valence-electron chi connectivity index (χ4n) is 2.39. The Morgan fingerprint density at radius 2 is 2.21 bits per heavy atom. The van der Waals surface area contributed by atoms with E-state index in [9.17, 15) is 4.79 Å². The second kappa shape index (κ2) is 5.61. The highest BCUT2D eigenvalue weighted by atomic mass is 16.5. The van der Waals surface area contributed by atoms with Gasteiger partial charge in [0.15, 0.2) is 0 Å². The van der Waals surface area contributed by atoms with Gasteiger partial charge in [0.1, 0.15) is 5.75 Å². The lowest BCUT2D eigenvalue weighted by molar-refractivity contribution is 0.0696. The van der Waals surface area contributed by atoms with Gasteiger partial charge in [0.05, 0.1) is 12.7 Å². The second-order valence-corrected chi connectivity index (χ2v) is 5.32. The predicted molar refractivity (Wildman–Crippen MR) is 73.6 cm³/mol. The molecule has 0 radical (unpaired) electrons. The lowest BCUT2D eigenvalue weighted by atomic mass is 10.1. The first-order valence-corrected chi connectivity index (χ1v) is 6.63. The largest absolute Gasteiger partial charge is 0.496 e. The van der Waals surface area contributed by atoms with Gasteiger partial charge in [-0.15, -0.1) is 0 Å². The summed E-state index contributed by atoms with van der Waals surface area (Å²) in [6, 6.07) is 5.54. The zero-order valence-electron chi connectivity index (χ0n) is 11.7. The number of benzene rings is 1. The summed E-state index contributed by atoms with van der Waals surface area (Å²) in [5, 5.41) is 9.06. The minimum atomic E-state index is -0.901. The molecule has 1 saturated carbocycles. The van der Waals surface area contributed by atoms with Crippen LogP contribution in [0.25, 0.3) is 0 Å². The average Bonchev–Trinajstić information content (AvgIpc) is 3.21. The Labute approximate surface area is 114 Å². The van der Waals surface area contributed by atoms with Gasteiger partial charge in [-0.25, -0.2) is 4.79 Å². The van der Waals surface area contributed by atoms with Crippen LogP contribution in [-0.4, -0.2) is 36.2 Å². The molecule has 0 aromatic heterocycles. The number of carbonyl (C=O) groups is 1. The molecule has 1 aromatic rings. The van der Waals surface area contributed by atoms with E-state index in [0.717, 1.165) is 17.2 Å². The van der Waals surface area contributed by atoms with Crippen LogP contribution in [0.5, 0.6) is 5.75 Å². The van der Waals surface area contributed by atoms with E-state index in [1.165, 1.54) is 12.8 Å². The molecule has 1 N–H and O–H groups in total. The van der Waals surface area contributed by atoms with Crippen molar-refractivity contribution in [1.82, 2.24) is 4.90 Å². The Morgan fingerprint density at radius 1 is 1.53 bits per heavy atom. The van der Waals surface area contributed by atoms with Crippen LogP contribution in [0.3, 0.4) is 0 Å². The summed E-state index contributed by atoms with van der Waals surface area (Å²) < 4.78 is 5.32. The van der Waals surface area contributed by atoms with E-state index in [1.807, 2.05) is 0 Å². The molecule has 1 aromatic carbocycles. The van der Waals surface area contributed by atoms with Gasteiger partial charge in [0, 0.05) is 18.2 Å². The van der Waals surface area contributed by atoms with E-state index in [0.29, 0.717) is 18.2 Å². The van der Waals surface area contributed by atoms with E-state index in [4.69, 9.17) is 9.84 Å². The molecule has 0 spiro atoms. The summed E-state index contributed by atoms with van der Waals surface area (Å²) >= 11 is 0. The number of hydrogen-bond donors (Lipinski definition) is 1. The number of ether oxygens (including phenoxy) is 1. The number of methoxy groups -OCH3 is 1. The van der Waals surface area contributed by atoms with Gasteiger partial charge in [-0.1, -0.05) is 0 Å². The van der Waals surface area contributed by atoms with Gasteiger partial charge < -0.3 is 9.84 Å². The summed E-state index contributed by atoms with van der Waals surface area (Å²) in [4.78, 5) is 13.3. The van der Waals surface area contributed by atoms with Crippen molar-refractivity contribution >= 4 is 5.97 Å². The predicted octanol–water partition coefficient (Wildman–Crippen LogP) is 2.62. The lowest BCUT2D eigenvalue weighted by Gasteiger charge is -2.25. The zero-order valence-corrected chi connectivity index (χ0v) is 11.7. The van der Waals surface area contributed by atoms with E-state index in [2.05, 4.69) is 18.9 Å². The average molecular weight is 263 g/mol. The Morgan fingerprint density at radius 3 is 2.74 bits per heavy atom. The number of carboxylic acids is 1. The van der Waals surface area contributed by atoms with E-state index >= 15 is 0 Å². The molecule has 1 unspecified atom stereocenters. The number of nitrogens with zero attached hydrogens (tertiary/aromatic N) is 1. The van der Waals surface area contributed by atoms with E-state index < -0.39 is 5.97 Å². The lowest BCUT2D eigenvalue weighted by Crippen LogP contribution is -2.30. The second-order valence-electron chi connectivity index (χ2n) is 5.32. The minimum absolute atomic E-state index is 0.309. The molecule has 1 fully saturated rings. The first kappa shape index (κ1) is 13.9. The smallest absolute Gasteiger partial charge is 0.335 e. The Kier molecular flexibility index (Phi) is 4.10. The Balaban J connectivity index is 2.16. The van der Waals surface area contributed by atoms with E-state index in [1.54, 1.807) is 25.3 Å². The standard InChI is InChI=1S/C15H21NO3/c1-10(11-4-5-11)16(2)9-13-8-12(15(17)18)6-7-14(13)19-3/h6-8,10-11H,4-5,9H2,1-3H3,(H,17,18). The zero-order chi connectivity index (χ0) is 14.0. The van der Waals surface area contributed by atoms with Gasteiger partial charge in [0.25, 0.3) is 0 Å². The summed E-state index contributed by atoms with van der Waals surface area (Å²) in [5.74, 6) is 0.639. The normalized spacial score (nSPS) is 16.4. The van der Waals surface area contributed by atoms with Crippen molar-refractivity contribution < 1.29 is 14.6 Å². The van der Waals surface area contributed by atoms with Crippen molar-refractivity contribution in [2.75, 3.05) is 14.2 Å². The molecule has 4 heteroatoms. The van der Waals surface area contributed by atoms with Crippen molar-refractivity contribution in [1.29, 1.82) is 0 Å². The topological polar surface area (TPSA) is 49.8 Å². The van der Waals surface area contributed by atoms with Crippen LogP contribution in [0.2, 0.25) is 0 Å². The molecule has 0 amide bonds. The number of hydrogen-bond acceptors (Lipinski definition) is 3. The minimum Gasteiger partial charge on any atom is -0.496 e. The summed E-state index contributed by atoms with van der Waals surface area (Å²) in [5.41, 5.74) is 1.24. The van der Waals surface area contributed by atoms with Crippen LogP contribution in [0.4, 0.5) is 0 Å². The number of aromatic carboxylic acids is 1. The maximum Gasteiger partial charge on any atom is 0.335 e. The number of rotatable bonds is 6. The first-order chi connectivity index (χ1) is 9.02. The highest BCUT2D eigenvalue weighted by Gasteiger charge is 2.30. The van der Waals surface area contributed by atoms with E-state index in [-0.39, 0.29) is 0 Å². The quantitative estimate of drug-likeness (QED) is 0.857. The summed E-state index contributed by atoms with van der Waals surface area (Å²) in [7, 11) is 3.69. The molecule has 4 nitrogen and oxygen atoms in total. The molecule has 0 heterocycles. The van der Waals surface area contributed by atoms with Crippen molar-refractivity contribution in [2.24, 2.45) is 5.92 Å².